The third kappa shape index (κ3) is 2.85. The summed E-state index contributed by atoms with van der Waals surface area (Å²) < 4.78 is 0. The summed E-state index contributed by atoms with van der Waals surface area (Å²) in [6, 6.07) is 3.17. The maximum Gasteiger partial charge on any atom is 0.324 e. The first-order chi connectivity index (χ1) is 10.1. The Balaban J connectivity index is 1.54. The van der Waals surface area contributed by atoms with E-state index in [4.69, 9.17) is 0 Å². The zero-order valence-electron chi connectivity index (χ0n) is 11.4. The number of thiophene rings is 1. The van der Waals surface area contributed by atoms with Crippen LogP contribution in [-0.4, -0.2) is 53.4 Å². The highest BCUT2D eigenvalue weighted by Gasteiger charge is 2.37. The van der Waals surface area contributed by atoms with E-state index in [0.717, 1.165) is 5.00 Å². The van der Waals surface area contributed by atoms with Gasteiger partial charge in [0.15, 0.2) is 0 Å². The highest BCUT2D eigenvalue weighted by atomic mass is 32.1. The van der Waals surface area contributed by atoms with Crippen LogP contribution in [0.1, 0.15) is 12.8 Å². The first kappa shape index (κ1) is 13.9. The molecule has 3 heterocycles. The van der Waals surface area contributed by atoms with Crippen molar-refractivity contribution in [3.05, 3.63) is 17.5 Å². The van der Waals surface area contributed by atoms with E-state index in [1.54, 1.807) is 4.90 Å². The van der Waals surface area contributed by atoms with E-state index >= 15 is 0 Å². The molecule has 7 nitrogen and oxygen atoms in total. The van der Waals surface area contributed by atoms with Crippen LogP contribution in [0.25, 0.3) is 0 Å². The number of amides is 5. The lowest BCUT2D eigenvalue weighted by Gasteiger charge is -2.35. The number of nitrogens with one attached hydrogen (secondary N) is 2. The van der Waals surface area contributed by atoms with E-state index in [0.29, 0.717) is 25.9 Å². The number of carbonyl (C=O) groups excluding carboxylic acids is 3. The van der Waals surface area contributed by atoms with Crippen LogP contribution in [0.5, 0.6) is 0 Å². The highest BCUT2D eigenvalue weighted by Crippen LogP contribution is 2.21. The molecular weight excluding hydrogens is 292 g/mol. The molecule has 0 unspecified atom stereocenters. The smallest absolute Gasteiger partial charge is 0.324 e. The summed E-state index contributed by atoms with van der Waals surface area (Å²) in [6.45, 7) is 1.16. The van der Waals surface area contributed by atoms with Gasteiger partial charge in [-0.1, -0.05) is 0 Å². The van der Waals surface area contributed by atoms with Gasteiger partial charge in [-0.2, -0.15) is 0 Å². The summed E-state index contributed by atoms with van der Waals surface area (Å²) in [5.41, 5.74) is 0. The molecule has 0 atom stereocenters. The van der Waals surface area contributed by atoms with Crippen molar-refractivity contribution in [3.8, 4) is 0 Å². The predicted octanol–water partition coefficient (Wildman–Crippen LogP) is 1.30. The second-order valence-electron chi connectivity index (χ2n) is 5.05. The Morgan fingerprint density at radius 3 is 2.67 bits per heavy atom. The first-order valence-corrected chi connectivity index (χ1v) is 7.72. The number of anilines is 1. The van der Waals surface area contributed by atoms with Gasteiger partial charge in [-0.25, -0.2) is 9.59 Å². The number of hydrogen-bond acceptors (Lipinski definition) is 4. The molecule has 5 amide bonds. The minimum Gasteiger partial charge on any atom is -0.329 e. The Labute approximate surface area is 125 Å². The second kappa shape index (κ2) is 5.72. The molecule has 21 heavy (non-hydrogen) atoms. The molecule has 1 aromatic rings. The van der Waals surface area contributed by atoms with Crippen molar-refractivity contribution in [2.24, 2.45) is 0 Å². The second-order valence-corrected chi connectivity index (χ2v) is 6.00. The number of rotatable bonds is 2. The molecule has 0 radical (unpaired) electrons. The average molecular weight is 308 g/mol. The Bertz CT molecular complexity index is 536. The highest BCUT2D eigenvalue weighted by molar-refractivity contribution is 7.14. The van der Waals surface area contributed by atoms with Crippen LogP contribution < -0.4 is 10.6 Å². The number of hydrogen-bond donors (Lipinski definition) is 2. The zero-order valence-corrected chi connectivity index (χ0v) is 12.2. The lowest BCUT2D eigenvalue weighted by Crippen LogP contribution is -2.49. The number of urea groups is 2. The third-order valence-corrected chi connectivity index (χ3v) is 4.53. The number of nitrogens with zero attached hydrogens (tertiary/aromatic N) is 2. The van der Waals surface area contributed by atoms with Gasteiger partial charge in [0.1, 0.15) is 0 Å². The molecule has 0 bridgehead atoms. The third-order valence-electron chi connectivity index (χ3n) is 3.75. The van der Waals surface area contributed by atoms with Crippen molar-refractivity contribution in [2.75, 3.05) is 25.0 Å². The SMILES string of the molecule is O=C(Nc1cccs1)N1CCC(N2C(=O)CNC2=O)CC1. The van der Waals surface area contributed by atoms with Crippen molar-refractivity contribution < 1.29 is 14.4 Å². The molecule has 2 fully saturated rings. The molecule has 8 heteroatoms. The quantitative estimate of drug-likeness (QED) is 0.808. The van der Waals surface area contributed by atoms with E-state index in [9.17, 15) is 14.4 Å². The maximum atomic E-state index is 12.1. The summed E-state index contributed by atoms with van der Waals surface area (Å²) in [5, 5.41) is 8.08. The minimum atomic E-state index is -0.318. The number of likely N-dealkylation sites (tertiary alicyclic amines) is 1. The summed E-state index contributed by atoms with van der Waals surface area (Å²) in [6.07, 6.45) is 1.24. The summed E-state index contributed by atoms with van der Waals surface area (Å²) in [4.78, 5) is 38.4. The van der Waals surface area contributed by atoms with Gasteiger partial charge < -0.3 is 10.2 Å². The van der Waals surface area contributed by atoms with E-state index in [-0.39, 0.29) is 30.6 Å². The van der Waals surface area contributed by atoms with E-state index < -0.39 is 0 Å². The van der Waals surface area contributed by atoms with Crippen LogP contribution in [-0.2, 0) is 4.79 Å². The first-order valence-electron chi connectivity index (χ1n) is 6.84. The van der Waals surface area contributed by atoms with Gasteiger partial charge in [-0.05, 0) is 30.4 Å². The van der Waals surface area contributed by atoms with Crippen molar-refractivity contribution in [1.29, 1.82) is 0 Å². The number of piperidine rings is 1. The minimum absolute atomic E-state index is 0.0813. The van der Waals surface area contributed by atoms with Crippen molar-refractivity contribution >= 4 is 34.3 Å². The molecule has 0 spiro atoms. The zero-order chi connectivity index (χ0) is 14.8. The van der Waals surface area contributed by atoms with E-state index in [1.807, 2.05) is 17.5 Å². The topological polar surface area (TPSA) is 81.8 Å². The standard InChI is InChI=1S/C13H16N4O3S/c18-11-8-14-12(19)17(11)9-3-5-16(6-4-9)13(20)15-10-2-1-7-21-10/h1-2,7,9H,3-6,8H2,(H,14,19)(H,15,20). The fourth-order valence-corrected chi connectivity index (χ4v) is 3.27. The van der Waals surface area contributed by atoms with Gasteiger partial charge in [-0.3, -0.25) is 15.0 Å². The van der Waals surface area contributed by atoms with E-state index in [2.05, 4.69) is 10.6 Å². The van der Waals surface area contributed by atoms with Crippen molar-refractivity contribution in [3.63, 3.8) is 0 Å². The predicted molar refractivity (Wildman–Crippen MR) is 78.2 cm³/mol. The van der Waals surface area contributed by atoms with E-state index in [1.165, 1.54) is 16.2 Å². The summed E-state index contributed by atoms with van der Waals surface area (Å²) in [5.74, 6) is -0.179. The molecule has 2 aliphatic heterocycles. The van der Waals surface area contributed by atoms with Crippen LogP contribution in [0, 0.1) is 0 Å². The lowest BCUT2D eigenvalue weighted by molar-refractivity contribution is -0.127. The molecule has 2 N–H and O–H groups in total. The summed E-state index contributed by atoms with van der Waals surface area (Å²) >= 11 is 1.47. The molecule has 0 saturated carbocycles. The fourth-order valence-electron chi connectivity index (χ4n) is 2.67. The van der Waals surface area contributed by atoms with Gasteiger partial charge in [0, 0.05) is 19.1 Å². The Morgan fingerprint density at radius 2 is 2.10 bits per heavy atom. The van der Waals surface area contributed by atoms with Gasteiger partial charge in [0.05, 0.1) is 11.5 Å². The van der Waals surface area contributed by atoms with Crippen LogP contribution in [0.15, 0.2) is 17.5 Å². The molecule has 1 aromatic heterocycles. The normalized spacial score (nSPS) is 19.8. The van der Waals surface area contributed by atoms with Crippen LogP contribution in [0.3, 0.4) is 0 Å². The van der Waals surface area contributed by atoms with Crippen LogP contribution in [0.2, 0.25) is 0 Å². The molecule has 0 aromatic carbocycles. The Hall–Kier alpha value is -2.09. The number of imide groups is 1. The monoisotopic (exact) mass is 308 g/mol. The molecule has 2 aliphatic rings. The van der Waals surface area contributed by atoms with Crippen LogP contribution in [0.4, 0.5) is 14.6 Å². The molecule has 0 aliphatic carbocycles. The van der Waals surface area contributed by atoms with Crippen molar-refractivity contribution in [1.82, 2.24) is 15.1 Å². The van der Waals surface area contributed by atoms with Gasteiger partial charge in [-0.15, -0.1) is 11.3 Å². The van der Waals surface area contributed by atoms with Crippen LogP contribution >= 0.6 is 11.3 Å². The van der Waals surface area contributed by atoms with Gasteiger partial charge >= 0.3 is 12.1 Å². The lowest BCUT2D eigenvalue weighted by atomic mass is 10.0. The average Bonchev–Trinajstić information content (AvgIpc) is 3.09. The Morgan fingerprint density at radius 1 is 1.33 bits per heavy atom. The van der Waals surface area contributed by atoms with Gasteiger partial charge in [0.2, 0.25) is 5.91 Å². The Kier molecular flexibility index (Phi) is 3.78. The summed E-state index contributed by atoms with van der Waals surface area (Å²) in [7, 11) is 0. The van der Waals surface area contributed by atoms with Gasteiger partial charge in [0.25, 0.3) is 0 Å². The number of carbonyl (C=O) groups is 3. The molecular formula is C13H16N4O3S. The maximum absolute atomic E-state index is 12.1. The molecule has 2 saturated heterocycles. The molecule has 3 rings (SSSR count). The fraction of sp³-hybridized carbons (Fsp3) is 0.462. The van der Waals surface area contributed by atoms with Crippen molar-refractivity contribution in [2.45, 2.75) is 18.9 Å². The largest absolute Gasteiger partial charge is 0.329 e. The molecule has 112 valence electrons.